The van der Waals surface area contributed by atoms with Gasteiger partial charge in [-0.3, -0.25) is 4.79 Å². The summed E-state index contributed by atoms with van der Waals surface area (Å²) >= 11 is 0. The zero-order valence-corrected chi connectivity index (χ0v) is 26.9. The predicted octanol–water partition coefficient (Wildman–Crippen LogP) is 7.89. The SMILES string of the molecule is COc1ccc2[nH]c(C)c(CC(=O)Oc3ccc4c(c3)CC[C@@H]3[C@@H]4CC[C@]4(C)[C@@H]5[C@H](C[C@@H]34)O[C@]3(CC[C@@H](C)CO3)[C@H]5C)c2c1. The van der Waals surface area contributed by atoms with Crippen LogP contribution >= 0.6 is 0 Å². The van der Waals surface area contributed by atoms with Gasteiger partial charge in [0.05, 0.1) is 26.2 Å². The molecule has 4 fully saturated rings. The van der Waals surface area contributed by atoms with E-state index in [1.165, 1.54) is 43.2 Å². The van der Waals surface area contributed by atoms with Crippen LogP contribution in [0.5, 0.6) is 11.5 Å². The first-order chi connectivity index (χ1) is 21.2. The number of aromatic amines is 1. The van der Waals surface area contributed by atoms with Crippen LogP contribution in [-0.2, 0) is 27.1 Å². The minimum absolute atomic E-state index is 0.217. The number of H-pyrrole nitrogens is 1. The Morgan fingerprint density at radius 1 is 1.07 bits per heavy atom. The van der Waals surface area contributed by atoms with Gasteiger partial charge in [0, 0.05) is 28.9 Å². The molecule has 2 aromatic carbocycles. The lowest BCUT2D eigenvalue weighted by Crippen LogP contribution is -2.48. The van der Waals surface area contributed by atoms with Gasteiger partial charge in [0.25, 0.3) is 0 Å². The molecule has 0 radical (unpaired) electrons. The number of aromatic nitrogens is 1. The van der Waals surface area contributed by atoms with Crippen molar-refractivity contribution in [1.82, 2.24) is 4.98 Å². The van der Waals surface area contributed by atoms with Crippen molar-refractivity contribution in [3.8, 4) is 11.5 Å². The van der Waals surface area contributed by atoms with Crippen LogP contribution in [0.25, 0.3) is 10.9 Å². The highest BCUT2D eigenvalue weighted by molar-refractivity contribution is 5.90. The summed E-state index contributed by atoms with van der Waals surface area (Å²) in [4.78, 5) is 16.5. The Morgan fingerprint density at radius 2 is 1.91 bits per heavy atom. The van der Waals surface area contributed by atoms with Crippen molar-refractivity contribution in [2.45, 2.75) is 96.9 Å². The Hall–Kier alpha value is -2.83. The summed E-state index contributed by atoms with van der Waals surface area (Å²) in [7, 11) is 1.66. The number of rotatable bonds is 4. The number of methoxy groups -OCH3 is 1. The van der Waals surface area contributed by atoms with Gasteiger partial charge in [-0.15, -0.1) is 0 Å². The maximum atomic E-state index is 13.1. The lowest BCUT2D eigenvalue weighted by atomic mass is 9.53. The van der Waals surface area contributed by atoms with Gasteiger partial charge in [-0.1, -0.05) is 26.8 Å². The van der Waals surface area contributed by atoms with E-state index in [-0.39, 0.29) is 18.2 Å². The summed E-state index contributed by atoms with van der Waals surface area (Å²) in [5, 5.41) is 1.01. The lowest BCUT2D eigenvalue weighted by Gasteiger charge is -2.52. The summed E-state index contributed by atoms with van der Waals surface area (Å²) in [6.07, 6.45) is 8.72. The summed E-state index contributed by atoms with van der Waals surface area (Å²) in [6, 6.07) is 12.3. The summed E-state index contributed by atoms with van der Waals surface area (Å²) in [5.41, 5.74) is 6.11. The molecule has 44 heavy (non-hydrogen) atoms. The molecule has 0 amide bonds. The number of aryl methyl sites for hydroxylation is 2. The summed E-state index contributed by atoms with van der Waals surface area (Å²) in [6.45, 7) is 10.2. The smallest absolute Gasteiger partial charge is 0.315 e. The first-order valence-corrected chi connectivity index (χ1v) is 17.0. The van der Waals surface area contributed by atoms with Gasteiger partial charge in [0.15, 0.2) is 5.79 Å². The van der Waals surface area contributed by atoms with Gasteiger partial charge < -0.3 is 23.9 Å². The van der Waals surface area contributed by atoms with E-state index >= 15 is 0 Å². The molecule has 3 aromatic rings. The molecule has 2 saturated heterocycles. The van der Waals surface area contributed by atoms with Crippen molar-refractivity contribution in [3.63, 3.8) is 0 Å². The fourth-order valence-corrected chi connectivity index (χ4v) is 10.7. The number of carbonyl (C=O) groups excluding carboxylic acids is 1. The van der Waals surface area contributed by atoms with E-state index in [0.29, 0.717) is 52.8 Å². The zero-order valence-electron chi connectivity index (χ0n) is 26.9. The van der Waals surface area contributed by atoms with Gasteiger partial charge in [0.2, 0.25) is 0 Å². The maximum absolute atomic E-state index is 13.1. The van der Waals surface area contributed by atoms with E-state index in [9.17, 15) is 4.79 Å². The van der Waals surface area contributed by atoms with Gasteiger partial charge in [-0.25, -0.2) is 0 Å². The molecule has 0 unspecified atom stereocenters. The van der Waals surface area contributed by atoms with Crippen molar-refractivity contribution in [2.75, 3.05) is 13.7 Å². The largest absolute Gasteiger partial charge is 0.497 e. The molecule has 9 atom stereocenters. The van der Waals surface area contributed by atoms with Crippen LogP contribution in [0.2, 0.25) is 0 Å². The normalized spacial score (nSPS) is 37.3. The molecular weight excluding hydrogens is 550 g/mol. The van der Waals surface area contributed by atoms with Crippen molar-refractivity contribution in [2.24, 2.45) is 35.0 Å². The Bertz CT molecular complexity index is 1600. The quantitative estimate of drug-likeness (QED) is 0.245. The summed E-state index contributed by atoms with van der Waals surface area (Å²) < 4.78 is 24.8. The van der Waals surface area contributed by atoms with E-state index in [4.69, 9.17) is 18.9 Å². The number of hydrogen-bond donors (Lipinski definition) is 1. The fourth-order valence-electron chi connectivity index (χ4n) is 10.7. The molecule has 234 valence electrons. The lowest BCUT2D eigenvalue weighted by molar-refractivity contribution is -0.272. The molecule has 6 nitrogen and oxygen atoms in total. The van der Waals surface area contributed by atoms with E-state index in [0.717, 1.165) is 47.4 Å². The number of nitrogens with one attached hydrogen (secondary N) is 1. The standard InChI is InChI=1S/C38H47NO5/c1-21-12-15-38(42-20-21)22(2)36-34(44-38)19-32-29-9-6-24-16-26(7-10-27(24)28(29)13-14-37(32,36)4)43-35(40)18-30-23(3)39-33-11-8-25(41-5)17-31(30)33/h7-8,10-11,16-17,21-22,28-29,32,34,36,39H,6,9,12-15,18-20H2,1-5H3/t21-,22+,28-,29-,32+,34+,36+,37+,38-/m1/s1. The minimum Gasteiger partial charge on any atom is -0.497 e. The molecule has 2 saturated carbocycles. The van der Waals surface area contributed by atoms with Gasteiger partial charge in [0.1, 0.15) is 11.5 Å². The zero-order chi connectivity index (χ0) is 30.4. The Morgan fingerprint density at radius 3 is 2.70 bits per heavy atom. The van der Waals surface area contributed by atoms with Crippen LogP contribution in [0.1, 0.15) is 87.6 Å². The van der Waals surface area contributed by atoms with E-state index in [1.54, 1.807) is 7.11 Å². The second-order valence-electron chi connectivity index (χ2n) is 15.1. The van der Waals surface area contributed by atoms with Crippen molar-refractivity contribution >= 4 is 16.9 Å². The Kier molecular flexibility index (Phi) is 6.73. The maximum Gasteiger partial charge on any atom is 0.315 e. The second-order valence-corrected chi connectivity index (χ2v) is 15.1. The van der Waals surface area contributed by atoms with Crippen LogP contribution in [0.3, 0.4) is 0 Å². The highest BCUT2D eigenvalue weighted by atomic mass is 16.7. The van der Waals surface area contributed by atoms with Gasteiger partial charge >= 0.3 is 5.97 Å². The molecule has 1 spiro atoms. The van der Waals surface area contributed by atoms with Crippen molar-refractivity contribution in [3.05, 3.63) is 58.8 Å². The molecule has 1 aromatic heterocycles. The Labute approximate surface area is 261 Å². The number of ether oxygens (including phenoxy) is 4. The van der Waals surface area contributed by atoms with Crippen LogP contribution in [0.4, 0.5) is 0 Å². The number of hydrogen-bond acceptors (Lipinski definition) is 5. The number of fused-ring (bicyclic) bond motifs is 8. The third kappa shape index (κ3) is 4.30. The van der Waals surface area contributed by atoms with E-state index in [2.05, 4.69) is 37.9 Å². The van der Waals surface area contributed by atoms with E-state index in [1.807, 2.05) is 31.2 Å². The molecule has 8 rings (SSSR count). The highest BCUT2D eigenvalue weighted by Crippen LogP contribution is 2.69. The molecule has 2 aliphatic heterocycles. The van der Waals surface area contributed by atoms with Crippen molar-refractivity contribution in [1.29, 1.82) is 0 Å². The van der Waals surface area contributed by atoms with Gasteiger partial charge in [-0.2, -0.15) is 0 Å². The van der Waals surface area contributed by atoms with Crippen LogP contribution in [0.15, 0.2) is 36.4 Å². The molecular formula is C38H47NO5. The first-order valence-electron chi connectivity index (χ1n) is 17.0. The molecule has 6 heteroatoms. The fraction of sp³-hybridized carbons (Fsp3) is 0.605. The number of carbonyl (C=O) groups is 1. The second kappa shape index (κ2) is 10.3. The van der Waals surface area contributed by atoms with Crippen molar-refractivity contribution < 1.29 is 23.7 Å². The average molecular weight is 598 g/mol. The Balaban J connectivity index is 0.972. The molecule has 5 aliphatic rings. The topological polar surface area (TPSA) is 69.8 Å². The molecule has 1 N–H and O–H groups in total. The minimum atomic E-state index is -0.348. The monoisotopic (exact) mass is 597 g/mol. The van der Waals surface area contributed by atoms with Gasteiger partial charge in [-0.05, 0) is 127 Å². The van der Waals surface area contributed by atoms with Crippen LogP contribution in [0, 0.1) is 41.9 Å². The molecule has 3 aliphatic carbocycles. The average Bonchev–Trinajstić information content (AvgIpc) is 3.59. The molecule has 3 heterocycles. The predicted molar refractivity (Wildman–Crippen MR) is 170 cm³/mol. The third-order valence-electron chi connectivity index (χ3n) is 12.8. The first kappa shape index (κ1) is 28.6. The third-order valence-corrected chi connectivity index (χ3v) is 12.8. The van der Waals surface area contributed by atoms with Crippen LogP contribution < -0.4 is 9.47 Å². The van der Waals surface area contributed by atoms with Crippen LogP contribution in [-0.4, -0.2) is 36.6 Å². The number of esters is 1. The molecule has 0 bridgehead atoms. The highest BCUT2D eigenvalue weighted by Gasteiger charge is 2.67. The summed E-state index contributed by atoms with van der Waals surface area (Å²) in [5.74, 6) is 4.51. The number of benzene rings is 2. The van der Waals surface area contributed by atoms with E-state index < -0.39 is 0 Å².